The van der Waals surface area contributed by atoms with Crippen LogP contribution in [0, 0.1) is 11.6 Å². The molecule has 0 saturated carbocycles. The van der Waals surface area contributed by atoms with Crippen LogP contribution in [0.4, 0.5) is 8.78 Å². The van der Waals surface area contributed by atoms with Gasteiger partial charge in [-0.05, 0) is 36.8 Å². The molecule has 0 amide bonds. The molecule has 1 heterocycles. The molecule has 3 rings (SSSR count). The third kappa shape index (κ3) is 2.08. The minimum Gasteiger partial charge on any atom is -0.453 e. The van der Waals surface area contributed by atoms with Gasteiger partial charge in [0.15, 0.2) is 11.4 Å². The molecule has 1 atom stereocenters. The van der Waals surface area contributed by atoms with Crippen molar-refractivity contribution in [2.75, 3.05) is 0 Å². The number of hydrogen-bond acceptors (Lipinski definition) is 2. The van der Waals surface area contributed by atoms with Crippen LogP contribution in [0.1, 0.15) is 18.5 Å². The predicted molar refractivity (Wildman–Crippen MR) is 74.2 cm³/mol. The molecule has 0 aliphatic carbocycles. The summed E-state index contributed by atoms with van der Waals surface area (Å²) in [6.07, 6.45) is 0. The van der Waals surface area contributed by atoms with Gasteiger partial charge in [-0.1, -0.05) is 18.2 Å². The van der Waals surface area contributed by atoms with Gasteiger partial charge in [0.25, 0.3) is 0 Å². The van der Waals surface area contributed by atoms with Gasteiger partial charge in [-0.3, -0.25) is 0 Å². The Morgan fingerprint density at radius 1 is 1.10 bits per heavy atom. The van der Waals surface area contributed by atoms with Gasteiger partial charge in [0.2, 0.25) is 0 Å². The summed E-state index contributed by atoms with van der Waals surface area (Å²) < 4.78 is 32.7. The highest BCUT2D eigenvalue weighted by atomic mass is 19.1. The second-order valence-corrected chi connectivity index (χ2v) is 4.79. The van der Waals surface area contributed by atoms with E-state index in [0.29, 0.717) is 16.7 Å². The number of benzene rings is 2. The molecule has 2 N–H and O–H groups in total. The van der Waals surface area contributed by atoms with Crippen molar-refractivity contribution in [2.45, 2.75) is 13.0 Å². The Labute approximate surface area is 114 Å². The highest BCUT2D eigenvalue weighted by Gasteiger charge is 2.15. The summed E-state index contributed by atoms with van der Waals surface area (Å²) in [5.74, 6) is -0.408. The van der Waals surface area contributed by atoms with Crippen molar-refractivity contribution in [1.29, 1.82) is 0 Å². The van der Waals surface area contributed by atoms with Crippen LogP contribution < -0.4 is 5.73 Å². The quantitative estimate of drug-likeness (QED) is 0.751. The van der Waals surface area contributed by atoms with Gasteiger partial charge in [0.1, 0.15) is 11.6 Å². The summed E-state index contributed by atoms with van der Waals surface area (Å²) >= 11 is 0. The van der Waals surface area contributed by atoms with Gasteiger partial charge in [0.05, 0.1) is 0 Å². The van der Waals surface area contributed by atoms with Crippen LogP contribution in [-0.2, 0) is 0 Å². The van der Waals surface area contributed by atoms with E-state index in [4.69, 9.17) is 10.2 Å². The minimum absolute atomic E-state index is 0.169. The molecule has 4 heteroatoms. The van der Waals surface area contributed by atoms with Crippen molar-refractivity contribution in [3.8, 4) is 11.3 Å². The maximum absolute atomic E-state index is 13.7. The van der Waals surface area contributed by atoms with Crippen molar-refractivity contribution in [3.63, 3.8) is 0 Å². The van der Waals surface area contributed by atoms with Gasteiger partial charge in [-0.15, -0.1) is 0 Å². The number of fused-ring (bicyclic) bond motifs is 1. The van der Waals surface area contributed by atoms with Crippen molar-refractivity contribution in [3.05, 3.63) is 59.7 Å². The van der Waals surface area contributed by atoms with Gasteiger partial charge in [-0.2, -0.15) is 0 Å². The third-order valence-electron chi connectivity index (χ3n) is 3.27. The van der Waals surface area contributed by atoms with Crippen LogP contribution in [0.3, 0.4) is 0 Å². The lowest BCUT2D eigenvalue weighted by atomic mass is 10.00. The molecule has 102 valence electrons. The average molecular weight is 273 g/mol. The van der Waals surface area contributed by atoms with Gasteiger partial charge in [0, 0.05) is 17.0 Å². The minimum atomic E-state index is -0.437. The first kappa shape index (κ1) is 12.8. The van der Waals surface area contributed by atoms with E-state index in [1.54, 1.807) is 31.2 Å². The Morgan fingerprint density at radius 2 is 1.90 bits per heavy atom. The van der Waals surface area contributed by atoms with E-state index < -0.39 is 5.82 Å². The molecule has 20 heavy (non-hydrogen) atoms. The fourth-order valence-electron chi connectivity index (χ4n) is 2.30. The van der Waals surface area contributed by atoms with Crippen molar-refractivity contribution >= 4 is 11.0 Å². The first-order chi connectivity index (χ1) is 9.56. The van der Waals surface area contributed by atoms with E-state index in [1.165, 1.54) is 18.2 Å². The van der Waals surface area contributed by atoms with E-state index in [1.807, 2.05) is 0 Å². The largest absolute Gasteiger partial charge is 0.453 e. The highest BCUT2D eigenvalue weighted by Crippen LogP contribution is 2.33. The molecule has 0 fully saturated rings. The number of rotatable bonds is 2. The summed E-state index contributed by atoms with van der Waals surface area (Å²) in [4.78, 5) is 0. The van der Waals surface area contributed by atoms with E-state index >= 15 is 0 Å². The van der Waals surface area contributed by atoms with Gasteiger partial charge in [-0.25, -0.2) is 8.78 Å². The Hall–Kier alpha value is -2.20. The lowest BCUT2D eigenvalue weighted by molar-refractivity contribution is 0.567. The number of para-hydroxylation sites is 1. The van der Waals surface area contributed by atoms with Crippen molar-refractivity contribution in [2.24, 2.45) is 5.73 Å². The van der Waals surface area contributed by atoms with Crippen molar-refractivity contribution < 1.29 is 13.2 Å². The van der Waals surface area contributed by atoms with Gasteiger partial charge < -0.3 is 10.2 Å². The van der Waals surface area contributed by atoms with Crippen LogP contribution in [0.25, 0.3) is 22.3 Å². The average Bonchev–Trinajstić information content (AvgIpc) is 2.83. The predicted octanol–water partition coefficient (Wildman–Crippen LogP) is 4.40. The van der Waals surface area contributed by atoms with E-state index in [0.717, 1.165) is 5.56 Å². The summed E-state index contributed by atoms with van der Waals surface area (Å²) in [6.45, 7) is 1.81. The first-order valence-corrected chi connectivity index (χ1v) is 6.29. The molecule has 0 bridgehead atoms. The SMILES string of the molecule is CC(N)c1ccc(F)cc1-c1cc2cccc(F)c2o1. The molecule has 0 radical (unpaired) electrons. The molecule has 1 aromatic heterocycles. The molecule has 2 nitrogen and oxygen atoms in total. The molecule has 0 aliphatic rings. The van der Waals surface area contributed by atoms with E-state index in [9.17, 15) is 8.78 Å². The topological polar surface area (TPSA) is 39.2 Å². The molecule has 0 spiro atoms. The number of halogens is 2. The molecular weight excluding hydrogens is 260 g/mol. The Kier molecular flexibility index (Phi) is 3.03. The first-order valence-electron chi connectivity index (χ1n) is 6.29. The Bertz CT molecular complexity index is 777. The number of hydrogen-bond donors (Lipinski definition) is 1. The molecule has 3 aromatic rings. The van der Waals surface area contributed by atoms with Crippen LogP contribution in [0.2, 0.25) is 0 Å². The second kappa shape index (κ2) is 4.72. The van der Waals surface area contributed by atoms with Crippen LogP contribution in [0.15, 0.2) is 46.9 Å². The van der Waals surface area contributed by atoms with Gasteiger partial charge >= 0.3 is 0 Å². The fourth-order valence-corrected chi connectivity index (χ4v) is 2.30. The Balaban J connectivity index is 2.25. The highest BCUT2D eigenvalue weighted by molar-refractivity contribution is 5.83. The zero-order valence-electron chi connectivity index (χ0n) is 10.9. The molecule has 0 saturated heterocycles. The fraction of sp³-hybridized carbons (Fsp3) is 0.125. The lowest BCUT2D eigenvalue weighted by Gasteiger charge is -2.10. The van der Waals surface area contributed by atoms with Crippen LogP contribution in [0.5, 0.6) is 0 Å². The lowest BCUT2D eigenvalue weighted by Crippen LogP contribution is -2.06. The zero-order chi connectivity index (χ0) is 14.3. The van der Waals surface area contributed by atoms with E-state index in [2.05, 4.69) is 0 Å². The zero-order valence-corrected chi connectivity index (χ0v) is 10.9. The molecule has 2 aromatic carbocycles. The smallest absolute Gasteiger partial charge is 0.170 e. The number of nitrogens with two attached hydrogens (primary N) is 1. The summed E-state index contributed by atoms with van der Waals surface area (Å²) in [6, 6.07) is 10.4. The molecular formula is C16H13F2NO. The third-order valence-corrected chi connectivity index (χ3v) is 3.27. The van der Waals surface area contributed by atoms with Crippen LogP contribution in [-0.4, -0.2) is 0 Å². The maximum Gasteiger partial charge on any atom is 0.170 e. The molecule has 1 unspecified atom stereocenters. The standard InChI is InChI=1S/C16H13F2NO/c1-9(19)12-6-5-11(17)8-13(12)15-7-10-3-2-4-14(18)16(10)20-15/h2-9H,19H2,1H3. The van der Waals surface area contributed by atoms with Crippen molar-refractivity contribution in [1.82, 2.24) is 0 Å². The monoisotopic (exact) mass is 273 g/mol. The summed E-state index contributed by atoms with van der Waals surface area (Å²) in [5, 5.41) is 0.639. The van der Waals surface area contributed by atoms with Crippen LogP contribution >= 0.6 is 0 Å². The van der Waals surface area contributed by atoms with E-state index in [-0.39, 0.29) is 17.4 Å². The number of furan rings is 1. The Morgan fingerprint density at radius 3 is 2.60 bits per heavy atom. The summed E-state index contributed by atoms with van der Waals surface area (Å²) in [5.41, 5.74) is 7.36. The maximum atomic E-state index is 13.7. The normalized spacial score (nSPS) is 12.8. The summed E-state index contributed by atoms with van der Waals surface area (Å²) in [7, 11) is 0. The second-order valence-electron chi connectivity index (χ2n) is 4.79. The molecule has 0 aliphatic heterocycles.